The molecule has 1 aromatic heterocycles. The Bertz CT molecular complexity index is 535. The minimum Gasteiger partial charge on any atom is -0.507 e. The number of furan rings is 1. The van der Waals surface area contributed by atoms with Crippen molar-refractivity contribution in [3.63, 3.8) is 0 Å². The molecule has 0 aliphatic heterocycles. The zero-order valence-corrected chi connectivity index (χ0v) is 12.3. The van der Waals surface area contributed by atoms with Gasteiger partial charge in [0, 0.05) is 18.7 Å². The van der Waals surface area contributed by atoms with Gasteiger partial charge in [0.2, 0.25) is 0 Å². The molecule has 0 bridgehead atoms. The second-order valence-corrected chi connectivity index (χ2v) is 5.21. The van der Waals surface area contributed by atoms with Crippen LogP contribution in [-0.4, -0.2) is 30.6 Å². The molecule has 20 heavy (non-hydrogen) atoms. The molecule has 2 rings (SSSR count). The fraction of sp³-hybridized carbons (Fsp3) is 0.375. The number of hydrogen-bond donors (Lipinski definition) is 2. The molecule has 0 saturated heterocycles. The van der Waals surface area contributed by atoms with Gasteiger partial charge in [0.05, 0.1) is 12.3 Å². The lowest BCUT2D eigenvalue weighted by atomic mass is 10.1. The van der Waals surface area contributed by atoms with Crippen LogP contribution >= 0.6 is 0 Å². The molecule has 0 fully saturated rings. The minimum atomic E-state index is 0.178. The second kappa shape index (κ2) is 6.59. The van der Waals surface area contributed by atoms with E-state index in [-0.39, 0.29) is 6.04 Å². The summed E-state index contributed by atoms with van der Waals surface area (Å²) in [6, 6.07) is 9.87. The van der Waals surface area contributed by atoms with Gasteiger partial charge < -0.3 is 14.8 Å². The smallest absolute Gasteiger partial charge is 0.122 e. The van der Waals surface area contributed by atoms with E-state index < -0.39 is 0 Å². The van der Waals surface area contributed by atoms with E-state index >= 15 is 0 Å². The number of nitrogens with one attached hydrogen (secondary N) is 1. The Hall–Kier alpha value is -1.78. The van der Waals surface area contributed by atoms with Crippen molar-refractivity contribution in [1.29, 1.82) is 0 Å². The van der Waals surface area contributed by atoms with Crippen LogP contribution in [0.15, 0.2) is 41.0 Å². The number of aromatic hydroxyl groups is 1. The average Bonchev–Trinajstić information content (AvgIpc) is 2.92. The molecule has 4 heteroatoms. The number of aryl methyl sites for hydroxylation is 1. The van der Waals surface area contributed by atoms with Crippen molar-refractivity contribution in [2.24, 2.45) is 0 Å². The van der Waals surface area contributed by atoms with Crippen LogP contribution in [0.5, 0.6) is 5.75 Å². The van der Waals surface area contributed by atoms with Gasteiger partial charge in [0.25, 0.3) is 0 Å². The molecule has 1 atom stereocenters. The summed E-state index contributed by atoms with van der Waals surface area (Å²) >= 11 is 0. The zero-order chi connectivity index (χ0) is 14.5. The van der Waals surface area contributed by atoms with Crippen LogP contribution in [-0.2, 0) is 6.54 Å². The average molecular weight is 274 g/mol. The highest BCUT2D eigenvalue weighted by molar-refractivity contribution is 5.39. The maximum atomic E-state index is 9.99. The van der Waals surface area contributed by atoms with Gasteiger partial charge in [0.1, 0.15) is 11.5 Å². The Morgan fingerprint density at radius 3 is 2.70 bits per heavy atom. The normalized spacial score (nSPS) is 12.8. The molecule has 108 valence electrons. The van der Waals surface area contributed by atoms with Crippen LogP contribution in [0.4, 0.5) is 0 Å². The first-order valence-corrected chi connectivity index (χ1v) is 6.77. The Morgan fingerprint density at radius 1 is 1.25 bits per heavy atom. The lowest BCUT2D eigenvalue weighted by Gasteiger charge is -2.22. The van der Waals surface area contributed by atoms with Gasteiger partial charge in [-0.15, -0.1) is 0 Å². The Labute approximate surface area is 120 Å². The first-order valence-electron chi connectivity index (χ1n) is 6.77. The molecule has 0 saturated carbocycles. The summed E-state index contributed by atoms with van der Waals surface area (Å²) < 4.78 is 5.47. The first-order chi connectivity index (χ1) is 9.59. The van der Waals surface area contributed by atoms with E-state index in [2.05, 4.69) is 10.2 Å². The van der Waals surface area contributed by atoms with Crippen LogP contribution in [0.3, 0.4) is 0 Å². The molecule has 1 unspecified atom stereocenters. The minimum absolute atomic E-state index is 0.178. The molecule has 0 aliphatic carbocycles. The monoisotopic (exact) mass is 274 g/mol. The third-order valence-corrected chi connectivity index (χ3v) is 3.47. The quantitative estimate of drug-likeness (QED) is 0.850. The number of phenolic OH excluding ortho intramolecular Hbond substituents is 1. The van der Waals surface area contributed by atoms with Crippen molar-refractivity contribution in [2.75, 3.05) is 20.6 Å². The molecule has 4 nitrogen and oxygen atoms in total. The summed E-state index contributed by atoms with van der Waals surface area (Å²) in [6.07, 6.45) is 1.69. The summed E-state index contributed by atoms with van der Waals surface area (Å²) in [7, 11) is 4.05. The third-order valence-electron chi connectivity index (χ3n) is 3.47. The highest BCUT2D eigenvalue weighted by Crippen LogP contribution is 2.22. The van der Waals surface area contributed by atoms with Gasteiger partial charge in [0.15, 0.2) is 0 Å². The molecule has 0 aliphatic rings. The number of hydrogen-bond acceptors (Lipinski definition) is 4. The van der Waals surface area contributed by atoms with Crippen molar-refractivity contribution < 1.29 is 9.52 Å². The molecule has 2 N–H and O–H groups in total. The Morgan fingerprint density at radius 2 is 2.05 bits per heavy atom. The highest BCUT2D eigenvalue weighted by atomic mass is 16.3. The van der Waals surface area contributed by atoms with Gasteiger partial charge in [-0.05, 0) is 38.7 Å². The summed E-state index contributed by atoms with van der Waals surface area (Å²) in [4.78, 5) is 2.11. The van der Waals surface area contributed by atoms with E-state index in [1.807, 2.05) is 51.4 Å². The zero-order valence-electron chi connectivity index (χ0n) is 12.3. The maximum Gasteiger partial charge on any atom is 0.122 e. The van der Waals surface area contributed by atoms with Gasteiger partial charge in [-0.3, -0.25) is 4.90 Å². The number of phenols is 1. The van der Waals surface area contributed by atoms with Crippen molar-refractivity contribution in [1.82, 2.24) is 10.2 Å². The van der Waals surface area contributed by atoms with Crippen molar-refractivity contribution in [2.45, 2.75) is 19.5 Å². The van der Waals surface area contributed by atoms with Crippen LogP contribution in [0.2, 0.25) is 0 Å². The SMILES string of the molecule is Cc1cccc(CNCC(c2ccco2)N(C)C)c1O. The molecule has 0 amide bonds. The standard InChI is InChI=1S/C16H22N2O2/c1-12-6-4-7-13(16(12)19)10-17-11-14(18(2)3)15-8-5-9-20-15/h4-9,14,17,19H,10-11H2,1-3H3. The number of benzene rings is 1. The topological polar surface area (TPSA) is 48.6 Å². The number of nitrogens with zero attached hydrogens (tertiary/aromatic N) is 1. The molecule has 0 radical (unpaired) electrons. The van der Waals surface area contributed by atoms with E-state index in [1.165, 1.54) is 0 Å². The summed E-state index contributed by atoms with van der Waals surface area (Å²) in [5.74, 6) is 1.32. The maximum absolute atomic E-state index is 9.99. The third kappa shape index (κ3) is 3.40. The highest BCUT2D eigenvalue weighted by Gasteiger charge is 2.16. The van der Waals surface area contributed by atoms with Gasteiger partial charge in [-0.2, -0.15) is 0 Å². The Kier molecular flexibility index (Phi) is 4.82. The predicted octanol–water partition coefficient (Wildman–Crippen LogP) is 2.69. The van der Waals surface area contributed by atoms with Gasteiger partial charge in [-0.25, -0.2) is 0 Å². The van der Waals surface area contributed by atoms with Gasteiger partial charge in [-0.1, -0.05) is 18.2 Å². The summed E-state index contributed by atoms with van der Waals surface area (Å²) in [5, 5.41) is 13.4. The van der Waals surface area contributed by atoms with E-state index in [4.69, 9.17) is 4.42 Å². The number of likely N-dealkylation sites (N-methyl/N-ethyl adjacent to an activating group) is 1. The van der Waals surface area contributed by atoms with E-state index in [1.54, 1.807) is 6.26 Å². The van der Waals surface area contributed by atoms with E-state index in [0.29, 0.717) is 12.3 Å². The van der Waals surface area contributed by atoms with Crippen LogP contribution in [0, 0.1) is 6.92 Å². The van der Waals surface area contributed by atoms with Gasteiger partial charge >= 0.3 is 0 Å². The van der Waals surface area contributed by atoms with Crippen LogP contribution in [0.25, 0.3) is 0 Å². The molecule has 1 heterocycles. The van der Waals surface area contributed by atoms with Crippen molar-refractivity contribution in [3.05, 3.63) is 53.5 Å². The summed E-state index contributed by atoms with van der Waals surface area (Å²) in [5.41, 5.74) is 1.82. The fourth-order valence-electron chi connectivity index (χ4n) is 2.22. The lowest BCUT2D eigenvalue weighted by Crippen LogP contribution is -2.30. The number of rotatable bonds is 6. The van der Waals surface area contributed by atoms with E-state index in [0.717, 1.165) is 23.4 Å². The second-order valence-electron chi connectivity index (χ2n) is 5.21. The van der Waals surface area contributed by atoms with Crippen molar-refractivity contribution in [3.8, 4) is 5.75 Å². The molecular formula is C16H22N2O2. The summed E-state index contributed by atoms with van der Waals surface area (Å²) in [6.45, 7) is 3.30. The molecule has 1 aromatic carbocycles. The molecular weight excluding hydrogens is 252 g/mol. The number of para-hydroxylation sites is 1. The largest absolute Gasteiger partial charge is 0.507 e. The van der Waals surface area contributed by atoms with Crippen molar-refractivity contribution >= 4 is 0 Å². The Balaban J connectivity index is 1.96. The first kappa shape index (κ1) is 14.6. The predicted molar refractivity (Wildman–Crippen MR) is 79.7 cm³/mol. The lowest BCUT2D eigenvalue weighted by molar-refractivity contribution is 0.250. The van der Waals surface area contributed by atoms with Crippen LogP contribution < -0.4 is 5.32 Å². The van der Waals surface area contributed by atoms with E-state index in [9.17, 15) is 5.11 Å². The fourth-order valence-corrected chi connectivity index (χ4v) is 2.22. The molecule has 2 aromatic rings. The van der Waals surface area contributed by atoms with Crippen LogP contribution in [0.1, 0.15) is 22.9 Å². The molecule has 0 spiro atoms.